The lowest BCUT2D eigenvalue weighted by molar-refractivity contribution is -0.152. The van der Waals surface area contributed by atoms with Crippen LogP contribution in [0.5, 0.6) is 0 Å². The summed E-state index contributed by atoms with van der Waals surface area (Å²) in [4.78, 5) is 23.9. The Morgan fingerprint density at radius 1 is 0.420 bits per heavy atom. The molecule has 0 aliphatic heterocycles. The van der Waals surface area contributed by atoms with E-state index in [1.807, 2.05) is 0 Å². The van der Waals surface area contributed by atoms with E-state index in [1.165, 1.54) is 51.4 Å². The van der Waals surface area contributed by atoms with Crippen molar-refractivity contribution in [2.75, 3.05) is 13.2 Å². The molecule has 0 fully saturated rings. The highest BCUT2D eigenvalue weighted by molar-refractivity contribution is 5.69. The molecule has 50 heavy (non-hydrogen) atoms. The van der Waals surface area contributed by atoms with E-state index in [4.69, 9.17) is 9.47 Å². The Morgan fingerprint density at radius 2 is 0.720 bits per heavy atom. The number of esters is 2. The summed E-state index contributed by atoms with van der Waals surface area (Å²) in [7, 11) is 0. The zero-order chi connectivity index (χ0) is 36.4. The van der Waals surface area contributed by atoms with Crippen LogP contribution in [0.15, 0.2) is 97.2 Å². The smallest absolute Gasteiger partial charge is 0.305 e. The molecule has 5 nitrogen and oxygen atoms in total. The second-order valence-corrected chi connectivity index (χ2v) is 12.7. The molecule has 0 radical (unpaired) electrons. The fourth-order valence-corrected chi connectivity index (χ4v) is 4.77. The highest BCUT2D eigenvalue weighted by Crippen LogP contribution is 2.07. The Balaban J connectivity index is 3.64. The van der Waals surface area contributed by atoms with E-state index >= 15 is 0 Å². The van der Waals surface area contributed by atoms with Crippen molar-refractivity contribution < 1.29 is 24.2 Å². The average Bonchev–Trinajstić information content (AvgIpc) is 3.12. The Hall–Kier alpha value is -3.18. The summed E-state index contributed by atoms with van der Waals surface area (Å²) < 4.78 is 10.3. The molecule has 0 amide bonds. The number of aliphatic hydroxyl groups is 1. The predicted octanol–water partition coefficient (Wildman–Crippen LogP) is 12.5. The normalized spacial score (nSPS) is 13.3. The van der Waals surface area contributed by atoms with Gasteiger partial charge < -0.3 is 14.6 Å². The van der Waals surface area contributed by atoms with Crippen molar-refractivity contribution in [2.45, 2.75) is 161 Å². The Morgan fingerprint density at radius 3 is 1.08 bits per heavy atom. The van der Waals surface area contributed by atoms with E-state index < -0.39 is 6.10 Å². The predicted molar refractivity (Wildman–Crippen MR) is 214 cm³/mol. The molecule has 0 saturated carbocycles. The maximum Gasteiger partial charge on any atom is 0.305 e. The largest absolute Gasteiger partial charge is 0.463 e. The molecule has 0 rings (SSSR count). The van der Waals surface area contributed by atoms with Crippen molar-refractivity contribution in [3.63, 3.8) is 0 Å². The van der Waals surface area contributed by atoms with Gasteiger partial charge in [-0.05, 0) is 96.3 Å². The molecular formula is C45H72O5. The van der Waals surface area contributed by atoms with Crippen LogP contribution in [0.3, 0.4) is 0 Å². The van der Waals surface area contributed by atoms with Gasteiger partial charge in [0.2, 0.25) is 0 Å². The molecule has 0 aliphatic carbocycles. The third-order valence-electron chi connectivity index (χ3n) is 7.79. The molecule has 0 bridgehead atoms. The quantitative estimate of drug-likeness (QED) is 0.0413. The second-order valence-electron chi connectivity index (χ2n) is 12.7. The molecule has 0 aromatic rings. The highest BCUT2D eigenvalue weighted by atomic mass is 16.6. The minimum Gasteiger partial charge on any atom is -0.463 e. The number of allylic oxidation sites excluding steroid dienone is 16. The molecule has 0 aliphatic rings. The number of hydrogen-bond acceptors (Lipinski definition) is 5. The van der Waals surface area contributed by atoms with Crippen molar-refractivity contribution >= 4 is 11.9 Å². The first-order valence-electron chi connectivity index (χ1n) is 19.8. The third kappa shape index (κ3) is 39.3. The number of hydrogen-bond donors (Lipinski definition) is 1. The van der Waals surface area contributed by atoms with Gasteiger partial charge in [0.1, 0.15) is 19.3 Å². The lowest BCUT2D eigenvalue weighted by Crippen LogP contribution is -2.25. The van der Waals surface area contributed by atoms with Gasteiger partial charge in [-0.3, -0.25) is 9.59 Å². The standard InChI is InChI=1S/C45H72O5/c1-3-5-7-9-11-13-15-17-19-21-22-24-26-28-30-32-34-36-38-40-45(48)50-42-43(46)41-49-44(47)39-37-35-33-31-29-27-25-23-20-18-16-14-12-10-8-6-4-2/h11-14,17-20,22,24-25,27-28,30-31,33,43,46H,3-10,15-16,21,23,26,29,32,34-42H2,1-2H3/b13-11-,14-12-,19-17-,20-18-,24-22-,27-25-,30-28-,33-31-/t43-/m1/s1. The summed E-state index contributed by atoms with van der Waals surface area (Å²) in [6.07, 6.45) is 56.0. The summed E-state index contributed by atoms with van der Waals surface area (Å²) >= 11 is 0. The third-order valence-corrected chi connectivity index (χ3v) is 7.79. The first-order valence-corrected chi connectivity index (χ1v) is 19.8. The SMILES string of the molecule is CCCCC/C=C\C/C=C\C/C=C\C/C=C\CCCCCC(=O)OC[C@H](O)COC(=O)CCC/C=C\C/C=C\C/C=C\C/C=C\CCCCC. The summed E-state index contributed by atoms with van der Waals surface area (Å²) in [6, 6.07) is 0. The molecule has 0 unspecified atom stereocenters. The number of aliphatic hydroxyl groups excluding tert-OH is 1. The molecule has 5 heteroatoms. The number of rotatable bonds is 34. The summed E-state index contributed by atoms with van der Waals surface area (Å²) in [6.45, 7) is 4.15. The van der Waals surface area contributed by atoms with E-state index in [2.05, 4.69) is 111 Å². The number of carbonyl (C=O) groups excluding carboxylic acids is 2. The van der Waals surface area contributed by atoms with Gasteiger partial charge in [0.25, 0.3) is 0 Å². The molecular weight excluding hydrogens is 620 g/mol. The molecule has 1 atom stereocenters. The van der Waals surface area contributed by atoms with Crippen LogP contribution in [0.2, 0.25) is 0 Å². The van der Waals surface area contributed by atoms with Crippen LogP contribution in [-0.2, 0) is 19.1 Å². The van der Waals surface area contributed by atoms with Gasteiger partial charge in [-0.2, -0.15) is 0 Å². The number of ether oxygens (including phenoxy) is 2. The van der Waals surface area contributed by atoms with Gasteiger partial charge in [-0.1, -0.05) is 143 Å². The van der Waals surface area contributed by atoms with Gasteiger partial charge in [-0.15, -0.1) is 0 Å². The van der Waals surface area contributed by atoms with Gasteiger partial charge in [-0.25, -0.2) is 0 Å². The van der Waals surface area contributed by atoms with Crippen LogP contribution in [0.4, 0.5) is 0 Å². The van der Waals surface area contributed by atoms with Crippen molar-refractivity contribution in [3.05, 3.63) is 97.2 Å². The van der Waals surface area contributed by atoms with Crippen LogP contribution < -0.4 is 0 Å². The van der Waals surface area contributed by atoms with Crippen molar-refractivity contribution in [1.29, 1.82) is 0 Å². The fraction of sp³-hybridized carbons (Fsp3) is 0.600. The van der Waals surface area contributed by atoms with Gasteiger partial charge in [0, 0.05) is 12.8 Å². The van der Waals surface area contributed by atoms with E-state index in [0.717, 1.165) is 70.6 Å². The molecule has 0 saturated heterocycles. The second kappa shape index (κ2) is 40.3. The zero-order valence-electron chi connectivity index (χ0n) is 31.9. The summed E-state index contributed by atoms with van der Waals surface area (Å²) in [5, 5.41) is 10.0. The Bertz CT molecular complexity index is 1010. The van der Waals surface area contributed by atoms with Gasteiger partial charge in [0.05, 0.1) is 0 Å². The topological polar surface area (TPSA) is 72.8 Å². The summed E-state index contributed by atoms with van der Waals surface area (Å²) in [5.41, 5.74) is 0. The molecule has 282 valence electrons. The zero-order valence-corrected chi connectivity index (χ0v) is 31.9. The molecule has 0 spiro atoms. The minimum atomic E-state index is -1.01. The molecule has 0 aromatic heterocycles. The molecule has 0 heterocycles. The van der Waals surface area contributed by atoms with Crippen molar-refractivity contribution in [2.24, 2.45) is 0 Å². The van der Waals surface area contributed by atoms with Gasteiger partial charge in [0.15, 0.2) is 0 Å². The minimum absolute atomic E-state index is 0.156. The average molecular weight is 693 g/mol. The van der Waals surface area contributed by atoms with E-state index in [-0.39, 0.29) is 25.2 Å². The van der Waals surface area contributed by atoms with E-state index in [1.54, 1.807) is 0 Å². The lowest BCUT2D eigenvalue weighted by Gasteiger charge is -2.12. The Kier molecular flexibility index (Phi) is 37.7. The van der Waals surface area contributed by atoms with Crippen LogP contribution in [0, 0.1) is 0 Å². The van der Waals surface area contributed by atoms with E-state index in [9.17, 15) is 14.7 Å². The summed E-state index contributed by atoms with van der Waals surface area (Å²) in [5.74, 6) is -0.674. The van der Waals surface area contributed by atoms with E-state index in [0.29, 0.717) is 19.3 Å². The fourth-order valence-electron chi connectivity index (χ4n) is 4.77. The number of carbonyl (C=O) groups is 2. The maximum absolute atomic E-state index is 12.0. The van der Waals surface area contributed by atoms with Crippen LogP contribution in [0.25, 0.3) is 0 Å². The van der Waals surface area contributed by atoms with Crippen LogP contribution >= 0.6 is 0 Å². The lowest BCUT2D eigenvalue weighted by atomic mass is 10.1. The first-order chi connectivity index (χ1) is 24.6. The number of unbranched alkanes of at least 4 members (excludes halogenated alkanes) is 10. The van der Waals surface area contributed by atoms with Crippen molar-refractivity contribution in [3.8, 4) is 0 Å². The monoisotopic (exact) mass is 693 g/mol. The van der Waals surface area contributed by atoms with Crippen molar-refractivity contribution in [1.82, 2.24) is 0 Å². The van der Waals surface area contributed by atoms with Gasteiger partial charge >= 0.3 is 11.9 Å². The molecule has 1 N–H and O–H groups in total. The first kappa shape index (κ1) is 46.8. The maximum atomic E-state index is 12.0. The van der Waals surface area contributed by atoms with Crippen LogP contribution in [0.1, 0.15) is 155 Å². The molecule has 0 aromatic carbocycles. The van der Waals surface area contributed by atoms with Crippen LogP contribution in [-0.4, -0.2) is 36.4 Å². The highest BCUT2D eigenvalue weighted by Gasteiger charge is 2.11. The Labute approximate surface area is 307 Å².